The maximum Gasteiger partial charge on any atom is 0.128 e. The van der Waals surface area contributed by atoms with Crippen molar-refractivity contribution < 1.29 is 0 Å². The molecule has 0 aliphatic carbocycles. The molecule has 0 spiro atoms. The van der Waals surface area contributed by atoms with E-state index >= 15 is 0 Å². The van der Waals surface area contributed by atoms with Gasteiger partial charge in [0.25, 0.3) is 0 Å². The second-order valence-electron chi connectivity index (χ2n) is 4.64. The highest BCUT2D eigenvalue weighted by Crippen LogP contribution is 2.24. The van der Waals surface area contributed by atoms with Crippen LogP contribution in [0.25, 0.3) is 0 Å². The Morgan fingerprint density at radius 3 is 3.00 bits per heavy atom. The van der Waals surface area contributed by atoms with Crippen LogP contribution in [0.2, 0.25) is 0 Å². The molecule has 0 atom stereocenters. The van der Waals surface area contributed by atoms with Crippen LogP contribution in [0.1, 0.15) is 24.0 Å². The second kappa shape index (κ2) is 5.25. The number of aromatic nitrogens is 3. The number of hydrogen-bond acceptors (Lipinski definition) is 4. The Labute approximate surface area is 121 Å². The second-order valence-corrected chi connectivity index (χ2v) is 5.56. The van der Waals surface area contributed by atoms with Crippen LogP contribution in [0.4, 0.5) is 5.69 Å². The SMILES string of the molecule is CCc1ncc2c(n1)CN(c1cncc(Br)c1)CC2. The summed E-state index contributed by atoms with van der Waals surface area (Å²) < 4.78 is 1.01. The van der Waals surface area contributed by atoms with E-state index in [1.54, 1.807) is 6.20 Å². The molecule has 2 aromatic heterocycles. The molecule has 3 rings (SSSR count). The van der Waals surface area contributed by atoms with Gasteiger partial charge in [-0.25, -0.2) is 9.97 Å². The molecule has 4 nitrogen and oxygen atoms in total. The molecule has 1 aliphatic rings. The van der Waals surface area contributed by atoms with Gasteiger partial charge in [0, 0.05) is 29.8 Å². The summed E-state index contributed by atoms with van der Waals surface area (Å²) in [7, 11) is 0. The Hall–Kier alpha value is -1.49. The smallest absolute Gasteiger partial charge is 0.128 e. The molecular formula is C14H15BrN4. The fourth-order valence-electron chi connectivity index (χ4n) is 2.31. The number of aryl methyl sites for hydroxylation is 1. The average molecular weight is 319 g/mol. The lowest BCUT2D eigenvalue weighted by Crippen LogP contribution is -2.31. The van der Waals surface area contributed by atoms with Crippen molar-refractivity contribution in [3.8, 4) is 0 Å². The summed E-state index contributed by atoms with van der Waals surface area (Å²) >= 11 is 3.47. The maximum atomic E-state index is 4.65. The zero-order valence-electron chi connectivity index (χ0n) is 10.8. The molecule has 0 unspecified atom stereocenters. The zero-order valence-corrected chi connectivity index (χ0v) is 12.4. The van der Waals surface area contributed by atoms with E-state index in [0.29, 0.717) is 0 Å². The summed E-state index contributed by atoms with van der Waals surface area (Å²) in [5.41, 5.74) is 3.56. The van der Waals surface area contributed by atoms with Gasteiger partial charge in [0.05, 0.1) is 24.1 Å². The first kappa shape index (κ1) is 12.5. The molecule has 0 aromatic carbocycles. The third-order valence-corrected chi connectivity index (χ3v) is 3.80. The molecular weight excluding hydrogens is 304 g/mol. The van der Waals surface area contributed by atoms with E-state index in [1.807, 2.05) is 12.4 Å². The van der Waals surface area contributed by atoms with Crippen molar-refractivity contribution in [3.63, 3.8) is 0 Å². The van der Waals surface area contributed by atoms with Crippen LogP contribution in [0.5, 0.6) is 0 Å². The number of fused-ring (bicyclic) bond motifs is 1. The minimum atomic E-state index is 0.836. The Bertz CT molecular complexity index is 600. The van der Waals surface area contributed by atoms with E-state index in [1.165, 1.54) is 5.56 Å². The van der Waals surface area contributed by atoms with Crippen LogP contribution >= 0.6 is 15.9 Å². The highest BCUT2D eigenvalue weighted by molar-refractivity contribution is 9.10. The topological polar surface area (TPSA) is 41.9 Å². The largest absolute Gasteiger partial charge is 0.364 e. The van der Waals surface area contributed by atoms with Gasteiger partial charge in [-0.1, -0.05) is 6.92 Å². The van der Waals surface area contributed by atoms with Gasteiger partial charge in [-0.2, -0.15) is 0 Å². The first-order chi connectivity index (χ1) is 9.26. The number of anilines is 1. The lowest BCUT2D eigenvalue weighted by molar-refractivity contribution is 0.691. The van der Waals surface area contributed by atoms with Crippen molar-refractivity contribution >= 4 is 21.6 Å². The van der Waals surface area contributed by atoms with E-state index in [2.05, 4.69) is 48.8 Å². The van der Waals surface area contributed by atoms with Gasteiger partial charge in [0.1, 0.15) is 5.82 Å². The molecule has 0 fully saturated rings. The Balaban J connectivity index is 1.88. The first-order valence-corrected chi connectivity index (χ1v) is 7.24. The fraction of sp³-hybridized carbons (Fsp3) is 0.357. The standard InChI is InChI=1S/C14H15BrN4/c1-2-14-17-6-10-3-4-19(9-13(10)18-14)12-5-11(15)7-16-8-12/h5-8H,2-4,9H2,1H3. The van der Waals surface area contributed by atoms with Crippen molar-refractivity contribution in [1.82, 2.24) is 15.0 Å². The van der Waals surface area contributed by atoms with Gasteiger partial charge < -0.3 is 4.90 Å². The quantitative estimate of drug-likeness (QED) is 0.854. The van der Waals surface area contributed by atoms with Gasteiger partial charge in [-0.05, 0) is 34.0 Å². The third kappa shape index (κ3) is 2.61. The van der Waals surface area contributed by atoms with E-state index < -0.39 is 0 Å². The predicted octanol–water partition coefficient (Wildman–Crippen LogP) is 2.76. The van der Waals surface area contributed by atoms with Crippen LogP contribution in [0.15, 0.2) is 29.1 Å². The maximum absolute atomic E-state index is 4.65. The molecule has 0 saturated carbocycles. The highest BCUT2D eigenvalue weighted by Gasteiger charge is 2.18. The monoisotopic (exact) mass is 318 g/mol. The van der Waals surface area contributed by atoms with E-state index in [-0.39, 0.29) is 0 Å². The molecule has 0 saturated heterocycles. The van der Waals surface area contributed by atoms with Crippen LogP contribution in [-0.2, 0) is 19.4 Å². The van der Waals surface area contributed by atoms with Gasteiger partial charge in [-0.3, -0.25) is 4.98 Å². The van der Waals surface area contributed by atoms with Gasteiger partial charge in [0.15, 0.2) is 0 Å². The van der Waals surface area contributed by atoms with Crippen LogP contribution in [0, 0.1) is 0 Å². The molecule has 98 valence electrons. The van der Waals surface area contributed by atoms with E-state index in [4.69, 9.17) is 0 Å². The summed E-state index contributed by atoms with van der Waals surface area (Å²) in [6.07, 6.45) is 7.56. The molecule has 1 aliphatic heterocycles. The summed E-state index contributed by atoms with van der Waals surface area (Å²) in [4.78, 5) is 15.6. The van der Waals surface area contributed by atoms with Crippen molar-refractivity contribution in [3.05, 3.63) is 46.2 Å². The lowest BCUT2D eigenvalue weighted by atomic mass is 10.1. The molecule has 3 heterocycles. The van der Waals surface area contributed by atoms with Crippen molar-refractivity contribution in [2.24, 2.45) is 0 Å². The van der Waals surface area contributed by atoms with E-state index in [9.17, 15) is 0 Å². The number of hydrogen-bond donors (Lipinski definition) is 0. The van der Waals surface area contributed by atoms with Crippen molar-refractivity contribution in [2.45, 2.75) is 26.3 Å². The average Bonchev–Trinajstić information content (AvgIpc) is 2.46. The molecule has 0 N–H and O–H groups in total. The number of rotatable bonds is 2. The zero-order chi connectivity index (χ0) is 13.2. The van der Waals surface area contributed by atoms with Crippen molar-refractivity contribution in [2.75, 3.05) is 11.4 Å². The number of nitrogens with zero attached hydrogens (tertiary/aromatic N) is 4. The Morgan fingerprint density at radius 1 is 1.32 bits per heavy atom. The molecule has 5 heteroatoms. The minimum Gasteiger partial charge on any atom is -0.364 e. The third-order valence-electron chi connectivity index (χ3n) is 3.37. The molecule has 2 aromatic rings. The molecule has 0 bridgehead atoms. The molecule has 19 heavy (non-hydrogen) atoms. The van der Waals surface area contributed by atoms with Crippen molar-refractivity contribution in [1.29, 1.82) is 0 Å². The first-order valence-electron chi connectivity index (χ1n) is 6.45. The Morgan fingerprint density at radius 2 is 2.21 bits per heavy atom. The molecule has 0 amide bonds. The summed E-state index contributed by atoms with van der Waals surface area (Å²) in [5, 5.41) is 0. The van der Waals surface area contributed by atoms with Gasteiger partial charge in [0.2, 0.25) is 0 Å². The summed E-state index contributed by atoms with van der Waals surface area (Å²) in [6.45, 7) is 3.91. The van der Waals surface area contributed by atoms with Crippen LogP contribution in [0.3, 0.4) is 0 Å². The molecule has 0 radical (unpaired) electrons. The Kier molecular flexibility index (Phi) is 3.46. The van der Waals surface area contributed by atoms with E-state index in [0.717, 1.165) is 47.6 Å². The summed E-state index contributed by atoms with van der Waals surface area (Å²) in [5.74, 6) is 0.924. The fourth-order valence-corrected chi connectivity index (χ4v) is 2.66. The normalized spacial score (nSPS) is 14.3. The number of halogens is 1. The van der Waals surface area contributed by atoms with Gasteiger partial charge in [-0.15, -0.1) is 0 Å². The summed E-state index contributed by atoms with van der Waals surface area (Å²) in [6, 6.07) is 2.10. The predicted molar refractivity (Wildman–Crippen MR) is 78.1 cm³/mol. The van der Waals surface area contributed by atoms with Gasteiger partial charge >= 0.3 is 0 Å². The van der Waals surface area contributed by atoms with Crippen LogP contribution < -0.4 is 4.90 Å². The number of pyridine rings is 1. The minimum absolute atomic E-state index is 0.836. The highest BCUT2D eigenvalue weighted by atomic mass is 79.9. The lowest BCUT2D eigenvalue weighted by Gasteiger charge is -2.29. The van der Waals surface area contributed by atoms with Crippen LogP contribution in [-0.4, -0.2) is 21.5 Å².